The van der Waals surface area contributed by atoms with Crippen molar-refractivity contribution in [2.24, 2.45) is 0 Å². The van der Waals surface area contributed by atoms with Gasteiger partial charge in [0.15, 0.2) is 5.76 Å². The molecule has 1 fully saturated rings. The summed E-state index contributed by atoms with van der Waals surface area (Å²) in [5.74, 6) is 0.570. The van der Waals surface area contributed by atoms with Gasteiger partial charge in [0.2, 0.25) is 10.9 Å². The maximum atomic E-state index is 13.7. The second kappa shape index (κ2) is 8.61. The molecule has 0 bridgehead atoms. The van der Waals surface area contributed by atoms with Crippen LogP contribution in [-0.4, -0.2) is 43.9 Å². The first-order chi connectivity index (χ1) is 15.6. The van der Waals surface area contributed by atoms with Gasteiger partial charge in [0.1, 0.15) is 0 Å². The quantitative estimate of drug-likeness (QED) is 0.452. The molecular formula is C25H23N3O3S. The van der Waals surface area contributed by atoms with E-state index in [-0.39, 0.29) is 10.8 Å². The molecule has 1 aliphatic heterocycles. The van der Waals surface area contributed by atoms with Gasteiger partial charge in [-0.1, -0.05) is 66.7 Å². The lowest BCUT2D eigenvalue weighted by Crippen LogP contribution is -2.48. The number of aromatic nitrogens is 1. The Kier molecular flexibility index (Phi) is 5.51. The molecule has 32 heavy (non-hydrogen) atoms. The van der Waals surface area contributed by atoms with E-state index in [9.17, 15) is 8.42 Å². The van der Waals surface area contributed by atoms with Gasteiger partial charge in [-0.2, -0.15) is 9.29 Å². The van der Waals surface area contributed by atoms with E-state index in [4.69, 9.17) is 4.42 Å². The molecule has 0 spiro atoms. The fourth-order valence-electron chi connectivity index (χ4n) is 3.90. The summed E-state index contributed by atoms with van der Waals surface area (Å²) in [5, 5.41) is -0.0317. The number of sulfonamides is 1. The van der Waals surface area contributed by atoms with Crippen LogP contribution in [-0.2, 0) is 10.0 Å². The van der Waals surface area contributed by atoms with E-state index in [1.54, 1.807) is 0 Å². The Balaban J connectivity index is 1.48. The summed E-state index contributed by atoms with van der Waals surface area (Å²) in [6.45, 7) is 2.01. The molecule has 0 aliphatic carbocycles. The lowest BCUT2D eigenvalue weighted by Gasteiger charge is -2.35. The smallest absolute Gasteiger partial charge is 0.264 e. The van der Waals surface area contributed by atoms with Crippen molar-refractivity contribution in [2.75, 3.05) is 31.1 Å². The van der Waals surface area contributed by atoms with E-state index in [2.05, 4.69) is 9.88 Å². The number of anilines is 1. The van der Waals surface area contributed by atoms with Gasteiger partial charge in [-0.3, -0.25) is 0 Å². The number of oxazole rings is 1. The zero-order valence-electron chi connectivity index (χ0n) is 17.5. The molecule has 7 heteroatoms. The van der Waals surface area contributed by atoms with E-state index in [1.807, 2.05) is 91.0 Å². The number of piperazine rings is 1. The number of nitrogens with zero attached hydrogens (tertiary/aromatic N) is 3. The van der Waals surface area contributed by atoms with Crippen molar-refractivity contribution in [3.05, 3.63) is 91.0 Å². The molecule has 3 aromatic carbocycles. The van der Waals surface area contributed by atoms with Crippen LogP contribution in [0.1, 0.15) is 0 Å². The zero-order chi connectivity index (χ0) is 22.0. The minimum absolute atomic E-state index is 0.0317. The maximum Gasteiger partial charge on any atom is 0.264 e. The molecule has 1 aliphatic rings. The highest BCUT2D eigenvalue weighted by atomic mass is 32.2. The van der Waals surface area contributed by atoms with Crippen molar-refractivity contribution < 1.29 is 12.8 Å². The lowest BCUT2D eigenvalue weighted by atomic mass is 10.2. The third-order valence-corrected chi connectivity index (χ3v) is 7.41. The predicted molar refractivity (Wildman–Crippen MR) is 125 cm³/mol. The average molecular weight is 446 g/mol. The largest absolute Gasteiger partial charge is 0.435 e. The van der Waals surface area contributed by atoms with Gasteiger partial charge in [0, 0.05) is 43.0 Å². The van der Waals surface area contributed by atoms with E-state index in [1.165, 1.54) is 4.31 Å². The zero-order valence-corrected chi connectivity index (χ0v) is 18.3. The number of hydrogen-bond donors (Lipinski definition) is 0. The number of para-hydroxylation sites is 1. The first kappa shape index (κ1) is 20.5. The van der Waals surface area contributed by atoms with Crippen LogP contribution in [0.2, 0.25) is 0 Å². The monoisotopic (exact) mass is 445 g/mol. The van der Waals surface area contributed by atoms with Crippen molar-refractivity contribution in [1.82, 2.24) is 9.29 Å². The Labute approximate surface area is 187 Å². The highest BCUT2D eigenvalue weighted by Crippen LogP contribution is 2.34. The number of benzene rings is 3. The van der Waals surface area contributed by atoms with Gasteiger partial charge < -0.3 is 9.32 Å². The molecular weight excluding hydrogens is 422 g/mol. The Bertz CT molecular complexity index is 1280. The third kappa shape index (κ3) is 3.92. The molecule has 6 nitrogen and oxygen atoms in total. The third-order valence-electron chi connectivity index (χ3n) is 5.60. The summed E-state index contributed by atoms with van der Waals surface area (Å²) < 4.78 is 34.8. The molecule has 0 saturated carbocycles. The van der Waals surface area contributed by atoms with Gasteiger partial charge in [-0.25, -0.2) is 8.42 Å². The molecule has 0 atom stereocenters. The maximum absolute atomic E-state index is 13.7. The Morgan fingerprint density at radius 3 is 1.81 bits per heavy atom. The summed E-state index contributed by atoms with van der Waals surface area (Å²) in [7, 11) is -3.83. The van der Waals surface area contributed by atoms with Crippen LogP contribution < -0.4 is 4.90 Å². The van der Waals surface area contributed by atoms with Gasteiger partial charge in [-0.15, -0.1) is 0 Å². The van der Waals surface area contributed by atoms with Crippen LogP contribution in [0, 0.1) is 0 Å². The van der Waals surface area contributed by atoms with E-state index in [0.29, 0.717) is 37.6 Å². The van der Waals surface area contributed by atoms with Crippen LogP contribution in [0.4, 0.5) is 5.69 Å². The summed E-state index contributed by atoms with van der Waals surface area (Å²) in [6, 6.07) is 28.7. The van der Waals surface area contributed by atoms with Crippen molar-refractivity contribution in [2.45, 2.75) is 5.03 Å². The first-order valence-electron chi connectivity index (χ1n) is 10.5. The number of rotatable bonds is 5. The van der Waals surface area contributed by atoms with Crippen molar-refractivity contribution in [3.63, 3.8) is 0 Å². The molecule has 0 N–H and O–H groups in total. The van der Waals surface area contributed by atoms with Crippen molar-refractivity contribution >= 4 is 15.7 Å². The molecule has 2 heterocycles. The van der Waals surface area contributed by atoms with E-state index >= 15 is 0 Å². The molecule has 0 unspecified atom stereocenters. The Morgan fingerprint density at radius 2 is 1.22 bits per heavy atom. The summed E-state index contributed by atoms with van der Waals surface area (Å²) in [6.07, 6.45) is 0. The van der Waals surface area contributed by atoms with E-state index < -0.39 is 10.0 Å². The van der Waals surface area contributed by atoms with Gasteiger partial charge in [-0.05, 0) is 24.3 Å². The minimum atomic E-state index is -3.83. The summed E-state index contributed by atoms with van der Waals surface area (Å²) in [5.41, 5.74) is 2.52. The van der Waals surface area contributed by atoms with Crippen LogP contribution in [0.5, 0.6) is 0 Å². The normalized spacial score (nSPS) is 15.1. The van der Waals surface area contributed by atoms with Gasteiger partial charge >= 0.3 is 0 Å². The fraction of sp³-hybridized carbons (Fsp3) is 0.160. The Morgan fingerprint density at radius 1 is 0.688 bits per heavy atom. The highest BCUT2D eigenvalue weighted by molar-refractivity contribution is 7.89. The number of hydrogen-bond acceptors (Lipinski definition) is 5. The average Bonchev–Trinajstić information content (AvgIpc) is 3.32. The lowest BCUT2D eigenvalue weighted by molar-refractivity contribution is 0.383. The minimum Gasteiger partial charge on any atom is -0.435 e. The van der Waals surface area contributed by atoms with E-state index in [0.717, 1.165) is 11.3 Å². The standard InChI is InChI=1S/C25H23N3O3S/c29-32(30,28-18-16-27(17-19-28)22-14-8-3-9-15-22)25-23(20-10-4-1-5-11-20)31-24(26-25)21-12-6-2-7-13-21/h1-15H,16-19H2. The molecule has 0 amide bonds. The van der Waals surface area contributed by atoms with Crippen LogP contribution in [0.25, 0.3) is 22.8 Å². The molecule has 5 rings (SSSR count). The van der Waals surface area contributed by atoms with Gasteiger partial charge in [0.25, 0.3) is 10.0 Å². The van der Waals surface area contributed by atoms with Crippen LogP contribution in [0.15, 0.2) is 100 Å². The molecule has 0 radical (unpaired) electrons. The second-order valence-corrected chi connectivity index (χ2v) is 9.47. The molecule has 162 valence electrons. The second-order valence-electron chi connectivity index (χ2n) is 7.61. The Hall–Kier alpha value is -3.42. The SMILES string of the molecule is O=S(=O)(c1nc(-c2ccccc2)oc1-c1ccccc1)N1CCN(c2ccccc2)CC1. The fourth-order valence-corrected chi connectivity index (χ4v) is 5.39. The summed E-state index contributed by atoms with van der Waals surface area (Å²) in [4.78, 5) is 6.67. The summed E-state index contributed by atoms with van der Waals surface area (Å²) >= 11 is 0. The molecule has 1 aromatic heterocycles. The van der Waals surface area contributed by atoms with Crippen LogP contribution in [0.3, 0.4) is 0 Å². The van der Waals surface area contributed by atoms with Gasteiger partial charge in [0.05, 0.1) is 0 Å². The molecule has 4 aromatic rings. The van der Waals surface area contributed by atoms with Crippen molar-refractivity contribution in [1.29, 1.82) is 0 Å². The topological polar surface area (TPSA) is 66.7 Å². The first-order valence-corrected chi connectivity index (χ1v) is 12.0. The molecule has 1 saturated heterocycles. The van der Waals surface area contributed by atoms with Crippen LogP contribution >= 0.6 is 0 Å². The van der Waals surface area contributed by atoms with Crippen molar-refractivity contribution in [3.8, 4) is 22.8 Å². The predicted octanol–water partition coefficient (Wildman–Crippen LogP) is 4.52. The highest BCUT2D eigenvalue weighted by Gasteiger charge is 2.35.